The second-order valence-corrected chi connectivity index (χ2v) is 7.13. The molecule has 0 saturated carbocycles. The van der Waals surface area contributed by atoms with Crippen LogP contribution in [0.25, 0.3) is 10.9 Å². The van der Waals surface area contributed by atoms with Gasteiger partial charge in [-0.05, 0) is 26.0 Å². The molecule has 5 nitrogen and oxygen atoms in total. The fourth-order valence-electron chi connectivity index (χ4n) is 2.99. The van der Waals surface area contributed by atoms with E-state index >= 15 is 0 Å². The van der Waals surface area contributed by atoms with E-state index in [1.54, 1.807) is 17.4 Å². The Hall–Kier alpha value is -2.28. The minimum Gasteiger partial charge on any atom is -0.352 e. The van der Waals surface area contributed by atoms with Crippen molar-refractivity contribution in [1.82, 2.24) is 15.0 Å². The lowest BCUT2D eigenvalue weighted by molar-refractivity contribution is 0.634. The van der Waals surface area contributed by atoms with Crippen molar-refractivity contribution in [3.05, 3.63) is 40.9 Å². The summed E-state index contributed by atoms with van der Waals surface area (Å²) in [5.41, 5.74) is 1.49. The van der Waals surface area contributed by atoms with E-state index in [1.165, 1.54) is 17.3 Å². The Kier molecular flexibility index (Phi) is 3.80. The van der Waals surface area contributed by atoms with Gasteiger partial charge in [-0.3, -0.25) is 0 Å². The molecule has 1 saturated heterocycles. The highest BCUT2D eigenvalue weighted by Crippen LogP contribution is 2.29. The molecule has 7 heteroatoms. The van der Waals surface area contributed by atoms with Gasteiger partial charge in [0.25, 0.3) is 0 Å². The quantitative estimate of drug-likeness (QED) is 0.715. The van der Waals surface area contributed by atoms with Crippen LogP contribution in [0, 0.1) is 19.7 Å². The number of thiazole rings is 1. The van der Waals surface area contributed by atoms with Gasteiger partial charge in [0, 0.05) is 36.4 Å². The molecule has 0 radical (unpaired) electrons. The molecule has 0 atom stereocenters. The van der Waals surface area contributed by atoms with Gasteiger partial charge in [0.15, 0.2) is 5.13 Å². The SMILES string of the molecule is Cc1nc(N2CCN(c3ncnc4c(F)cccc34)CC2)sc1C. The van der Waals surface area contributed by atoms with Crippen LogP contribution in [0.3, 0.4) is 0 Å². The Morgan fingerprint density at radius 1 is 1.04 bits per heavy atom. The molecule has 1 aliphatic rings. The molecule has 0 aliphatic carbocycles. The number of aryl methyl sites for hydroxylation is 2. The molecule has 3 aromatic rings. The largest absolute Gasteiger partial charge is 0.352 e. The summed E-state index contributed by atoms with van der Waals surface area (Å²) in [6.45, 7) is 7.59. The summed E-state index contributed by atoms with van der Waals surface area (Å²) in [5.74, 6) is 0.508. The van der Waals surface area contributed by atoms with E-state index in [2.05, 4.69) is 31.7 Å². The number of hydrogen-bond acceptors (Lipinski definition) is 6. The number of fused-ring (bicyclic) bond motifs is 1. The van der Waals surface area contributed by atoms with Crippen molar-refractivity contribution < 1.29 is 4.39 Å². The number of nitrogens with zero attached hydrogens (tertiary/aromatic N) is 5. The minimum atomic E-state index is -0.302. The van der Waals surface area contributed by atoms with E-state index < -0.39 is 0 Å². The monoisotopic (exact) mass is 343 g/mol. The molecule has 1 aromatic carbocycles. The van der Waals surface area contributed by atoms with Gasteiger partial charge in [0.2, 0.25) is 0 Å². The summed E-state index contributed by atoms with van der Waals surface area (Å²) >= 11 is 1.74. The topological polar surface area (TPSA) is 45.2 Å². The van der Waals surface area contributed by atoms with Gasteiger partial charge >= 0.3 is 0 Å². The van der Waals surface area contributed by atoms with E-state index in [4.69, 9.17) is 0 Å². The molecule has 3 heterocycles. The predicted molar refractivity (Wildman–Crippen MR) is 95.5 cm³/mol. The van der Waals surface area contributed by atoms with Crippen LogP contribution in [0.15, 0.2) is 24.5 Å². The maximum absolute atomic E-state index is 13.9. The zero-order chi connectivity index (χ0) is 16.7. The van der Waals surface area contributed by atoms with Crippen molar-refractivity contribution in [3.63, 3.8) is 0 Å². The molecule has 0 unspecified atom stereocenters. The molecule has 24 heavy (non-hydrogen) atoms. The number of piperazine rings is 1. The van der Waals surface area contributed by atoms with Crippen LogP contribution in [0.4, 0.5) is 15.3 Å². The van der Waals surface area contributed by atoms with Crippen LogP contribution in [0.2, 0.25) is 0 Å². The molecular formula is C17H18FN5S. The highest BCUT2D eigenvalue weighted by molar-refractivity contribution is 7.15. The average molecular weight is 343 g/mol. The molecule has 1 aliphatic heterocycles. The molecule has 4 rings (SSSR count). The zero-order valence-electron chi connectivity index (χ0n) is 13.7. The van der Waals surface area contributed by atoms with Crippen molar-refractivity contribution >= 4 is 33.2 Å². The van der Waals surface area contributed by atoms with Crippen molar-refractivity contribution in [1.29, 1.82) is 0 Å². The predicted octanol–water partition coefficient (Wildman–Crippen LogP) is 3.17. The number of anilines is 2. The number of halogens is 1. The van der Waals surface area contributed by atoms with Crippen molar-refractivity contribution in [3.8, 4) is 0 Å². The number of benzene rings is 1. The van der Waals surface area contributed by atoms with Gasteiger partial charge in [0.05, 0.1) is 5.69 Å². The standard InChI is InChI=1S/C17H18FN5S/c1-11-12(2)24-17(21-11)23-8-6-22(7-9-23)16-13-4-3-5-14(18)15(13)19-10-20-16/h3-5,10H,6-9H2,1-2H3. The second kappa shape index (κ2) is 5.98. The van der Waals surface area contributed by atoms with E-state index in [9.17, 15) is 4.39 Å². The third-order valence-corrected chi connectivity index (χ3v) is 5.60. The number of hydrogen-bond donors (Lipinski definition) is 0. The molecule has 124 valence electrons. The van der Waals surface area contributed by atoms with Gasteiger partial charge in [-0.1, -0.05) is 6.07 Å². The van der Waals surface area contributed by atoms with Crippen molar-refractivity contribution in [2.24, 2.45) is 0 Å². The lowest BCUT2D eigenvalue weighted by Crippen LogP contribution is -2.46. The first-order valence-corrected chi connectivity index (χ1v) is 8.78. The summed E-state index contributed by atoms with van der Waals surface area (Å²) in [6.07, 6.45) is 1.45. The summed E-state index contributed by atoms with van der Waals surface area (Å²) in [6, 6.07) is 5.03. The van der Waals surface area contributed by atoms with Gasteiger partial charge in [-0.2, -0.15) is 0 Å². The number of rotatable bonds is 2. The molecule has 1 fully saturated rings. The first-order valence-electron chi connectivity index (χ1n) is 7.96. The summed E-state index contributed by atoms with van der Waals surface area (Å²) in [4.78, 5) is 18.9. The highest BCUT2D eigenvalue weighted by Gasteiger charge is 2.22. The van der Waals surface area contributed by atoms with Crippen LogP contribution in [0.1, 0.15) is 10.6 Å². The maximum atomic E-state index is 13.9. The highest BCUT2D eigenvalue weighted by atomic mass is 32.1. The molecule has 0 amide bonds. The molecule has 0 bridgehead atoms. The third-order valence-electron chi connectivity index (χ3n) is 4.46. The van der Waals surface area contributed by atoms with Crippen LogP contribution < -0.4 is 9.80 Å². The fourth-order valence-corrected chi connectivity index (χ4v) is 3.95. The lowest BCUT2D eigenvalue weighted by atomic mass is 10.2. The molecule has 2 aromatic heterocycles. The van der Waals surface area contributed by atoms with Crippen LogP contribution in [-0.2, 0) is 0 Å². The summed E-state index contributed by atoms with van der Waals surface area (Å²) in [5, 5.41) is 1.86. The van der Waals surface area contributed by atoms with E-state index in [1.807, 2.05) is 13.0 Å². The van der Waals surface area contributed by atoms with Crippen molar-refractivity contribution in [2.45, 2.75) is 13.8 Å². The number of para-hydroxylation sites is 1. The average Bonchev–Trinajstić information content (AvgIpc) is 2.94. The van der Waals surface area contributed by atoms with Gasteiger partial charge in [-0.15, -0.1) is 11.3 Å². The number of aromatic nitrogens is 3. The Balaban J connectivity index is 1.57. The van der Waals surface area contributed by atoms with E-state index in [-0.39, 0.29) is 5.82 Å². The Bertz CT molecular complexity index is 866. The summed E-state index contributed by atoms with van der Waals surface area (Å²) < 4.78 is 13.9. The minimum absolute atomic E-state index is 0.302. The third kappa shape index (κ3) is 2.58. The lowest BCUT2D eigenvalue weighted by Gasteiger charge is -2.35. The van der Waals surface area contributed by atoms with Crippen molar-refractivity contribution in [2.75, 3.05) is 36.0 Å². The van der Waals surface area contributed by atoms with Crippen LogP contribution in [0.5, 0.6) is 0 Å². The first-order chi connectivity index (χ1) is 11.6. The summed E-state index contributed by atoms with van der Waals surface area (Å²) in [7, 11) is 0. The van der Waals surface area contributed by atoms with Crippen LogP contribution >= 0.6 is 11.3 Å². The van der Waals surface area contributed by atoms with Crippen LogP contribution in [-0.4, -0.2) is 41.1 Å². The Morgan fingerprint density at radius 3 is 2.50 bits per heavy atom. The van der Waals surface area contributed by atoms with E-state index in [0.717, 1.165) is 48.2 Å². The fraction of sp³-hybridized carbons (Fsp3) is 0.353. The second-order valence-electron chi connectivity index (χ2n) is 5.95. The first kappa shape index (κ1) is 15.3. The van der Waals surface area contributed by atoms with Gasteiger partial charge in [0.1, 0.15) is 23.5 Å². The normalized spacial score (nSPS) is 15.3. The molecular weight excluding hydrogens is 325 g/mol. The molecule has 0 spiro atoms. The smallest absolute Gasteiger partial charge is 0.185 e. The maximum Gasteiger partial charge on any atom is 0.185 e. The zero-order valence-corrected chi connectivity index (χ0v) is 14.5. The van der Waals surface area contributed by atoms with E-state index in [0.29, 0.717) is 5.52 Å². The molecule has 0 N–H and O–H groups in total. The van der Waals surface area contributed by atoms with Gasteiger partial charge < -0.3 is 9.80 Å². The van der Waals surface area contributed by atoms with Gasteiger partial charge in [-0.25, -0.2) is 19.3 Å². The Morgan fingerprint density at radius 2 is 1.79 bits per heavy atom. The Labute approximate surface area is 143 Å².